The van der Waals surface area contributed by atoms with Gasteiger partial charge in [-0.15, -0.1) is 0 Å². The van der Waals surface area contributed by atoms with Gasteiger partial charge in [0.15, 0.2) is 11.5 Å². The number of nitrogens with zero attached hydrogens (tertiary/aromatic N) is 1. The lowest BCUT2D eigenvalue weighted by atomic mass is 9.70. The summed E-state index contributed by atoms with van der Waals surface area (Å²) in [6, 6.07) is 4.77. The lowest BCUT2D eigenvalue weighted by Gasteiger charge is -2.53. The minimum absolute atomic E-state index is 0.0311. The minimum atomic E-state index is -1.11. The first kappa shape index (κ1) is 30.9. The summed E-state index contributed by atoms with van der Waals surface area (Å²) in [5.41, 5.74) is -0.997. The maximum Gasteiger partial charge on any atom is 0.408 e. The number of amides is 2. The highest BCUT2D eigenvalue weighted by Gasteiger charge is 2.52. The zero-order valence-corrected chi connectivity index (χ0v) is 25.9. The van der Waals surface area contributed by atoms with Gasteiger partial charge in [0.1, 0.15) is 22.8 Å². The number of hydrogen-bond donors (Lipinski definition) is 1. The number of likely N-dealkylation sites (tertiary alicyclic amines) is 1. The quantitative estimate of drug-likeness (QED) is 0.500. The SMILES string of the molecule is COc1cccc2c1OC(C)(C)[C@H]1C[C@@H]3CN(C(=O)[C@H](CC(=O)OC(C)(C)C)NC(=O)OC(C)(C)C)CC[C@@H]3O[C@H]21. The first-order chi connectivity index (χ1) is 19.0. The van der Waals surface area contributed by atoms with Crippen LogP contribution in [0.3, 0.4) is 0 Å². The molecule has 2 saturated heterocycles. The highest BCUT2D eigenvalue weighted by atomic mass is 16.6. The van der Waals surface area contributed by atoms with E-state index in [-0.39, 0.29) is 36.4 Å². The van der Waals surface area contributed by atoms with Crippen molar-refractivity contribution in [1.29, 1.82) is 0 Å². The number of para-hydroxylation sites is 1. The molecule has 5 atom stereocenters. The van der Waals surface area contributed by atoms with Gasteiger partial charge >= 0.3 is 12.1 Å². The van der Waals surface area contributed by atoms with Gasteiger partial charge in [0, 0.05) is 30.5 Å². The van der Waals surface area contributed by atoms with E-state index in [1.807, 2.05) is 18.2 Å². The molecular weight excluding hydrogens is 528 g/mol. The Kier molecular flexibility index (Phi) is 8.56. The second-order valence-corrected chi connectivity index (χ2v) is 13.8. The second kappa shape index (κ2) is 11.3. The number of hydrogen-bond acceptors (Lipinski definition) is 8. The summed E-state index contributed by atoms with van der Waals surface area (Å²) in [5, 5.41) is 2.62. The Labute approximate surface area is 243 Å². The minimum Gasteiger partial charge on any atom is -0.493 e. The van der Waals surface area contributed by atoms with Crippen LogP contribution < -0.4 is 14.8 Å². The van der Waals surface area contributed by atoms with E-state index >= 15 is 0 Å². The van der Waals surface area contributed by atoms with Gasteiger partial charge in [-0.3, -0.25) is 9.59 Å². The van der Waals surface area contributed by atoms with E-state index in [9.17, 15) is 14.4 Å². The normalized spacial score (nSPS) is 25.8. The highest BCUT2D eigenvalue weighted by Crippen LogP contribution is 2.55. The molecule has 0 aromatic heterocycles. The summed E-state index contributed by atoms with van der Waals surface area (Å²) in [6.45, 7) is 15.5. The molecule has 0 unspecified atom stereocenters. The van der Waals surface area contributed by atoms with Crippen molar-refractivity contribution in [3.05, 3.63) is 23.8 Å². The fraction of sp³-hybridized carbons (Fsp3) is 0.710. The predicted molar refractivity (Wildman–Crippen MR) is 152 cm³/mol. The van der Waals surface area contributed by atoms with Gasteiger partial charge < -0.3 is 33.9 Å². The van der Waals surface area contributed by atoms with E-state index < -0.39 is 34.9 Å². The molecule has 1 N–H and O–H groups in total. The maximum atomic E-state index is 13.8. The third kappa shape index (κ3) is 7.26. The average molecular weight is 575 g/mol. The summed E-state index contributed by atoms with van der Waals surface area (Å²) in [5.74, 6) is 0.653. The predicted octanol–water partition coefficient (Wildman–Crippen LogP) is 4.79. The number of piperidine rings is 1. The van der Waals surface area contributed by atoms with Crippen molar-refractivity contribution in [3.63, 3.8) is 0 Å². The van der Waals surface area contributed by atoms with Crippen molar-refractivity contribution < 1.29 is 38.1 Å². The monoisotopic (exact) mass is 574 g/mol. The van der Waals surface area contributed by atoms with Crippen LogP contribution in [0.4, 0.5) is 4.79 Å². The van der Waals surface area contributed by atoms with E-state index in [0.29, 0.717) is 25.3 Å². The zero-order chi connectivity index (χ0) is 30.3. The molecule has 1 aromatic rings. The number of methoxy groups -OCH3 is 1. The number of carbonyl (C=O) groups is 3. The van der Waals surface area contributed by atoms with Crippen LogP contribution in [0.2, 0.25) is 0 Å². The van der Waals surface area contributed by atoms with Crippen molar-refractivity contribution in [2.24, 2.45) is 11.8 Å². The van der Waals surface area contributed by atoms with Gasteiger partial charge in [-0.2, -0.15) is 0 Å². The van der Waals surface area contributed by atoms with Crippen LogP contribution in [0.25, 0.3) is 0 Å². The lowest BCUT2D eigenvalue weighted by Crippen LogP contribution is -2.58. The van der Waals surface area contributed by atoms with Crippen LogP contribution >= 0.6 is 0 Å². The first-order valence-corrected chi connectivity index (χ1v) is 14.5. The van der Waals surface area contributed by atoms with E-state index in [1.54, 1.807) is 53.6 Å². The smallest absolute Gasteiger partial charge is 0.408 e. The summed E-state index contributed by atoms with van der Waals surface area (Å²) in [7, 11) is 1.64. The molecule has 2 amide bonds. The van der Waals surface area contributed by atoms with Crippen LogP contribution in [0.1, 0.15) is 86.3 Å². The summed E-state index contributed by atoms with van der Waals surface area (Å²) >= 11 is 0. The van der Waals surface area contributed by atoms with Crippen LogP contribution in [-0.2, 0) is 23.8 Å². The summed E-state index contributed by atoms with van der Waals surface area (Å²) < 4.78 is 29.6. The Morgan fingerprint density at radius 3 is 2.41 bits per heavy atom. The Morgan fingerprint density at radius 1 is 1.10 bits per heavy atom. The molecular formula is C31H46N2O8. The van der Waals surface area contributed by atoms with Crippen molar-refractivity contribution in [2.45, 2.75) is 110 Å². The molecule has 0 aliphatic carbocycles. The molecule has 0 saturated carbocycles. The van der Waals surface area contributed by atoms with E-state index in [0.717, 1.165) is 17.7 Å². The fourth-order valence-corrected chi connectivity index (χ4v) is 6.07. The Bertz CT molecular complexity index is 1120. The molecule has 228 valence electrons. The number of fused-ring (bicyclic) bond motifs is 4. The highest BCUT2D eigenvalue weighted by molar-refractivity contribution is 5.89. The molecule has 4 rings (SSSR count). The van der Waals surface area contributed by atoms with Gasteiger partial charge in [-0.1, -0.05) is 12.1 Å². The first-order valence-electron chi connectivity index (χ1n) is 14.5. The summed E-state index contributed by atoms with van der Waals surface area (Å²) in [4.78, 5) is 40.8. The molecule has 41 heavy (non-hydrogen) atoms. The third-order valence-electron chi connectivity index (χ3n) is 7.79. The Morgan fingerprint density at radius 2 is 1.78 bits per heavy atom. The van der Waals surface area contributed by atoms with Crippen LogP contribution in [0, 0.1) is 11.8 Å². The Balaban J connectivity index is 1.50. The number of benzene rings is 1. The van der Waals surface area contributed by atoms with E-state index in [4.69, 9.17) is 23.7 Å². The maximum absolute atomic E-state index is 13.8. The average Bonchev–Trinajstić information content (AvgIpc) is 2.84. The molecule has 0 spiro atoms. The van der Waals surface area contributed by atoms with Crippen molar-refractivity contribution >= 4 is 18.0 Å². The largest absolute Gasteiger partial charge is 0.493 e. The van der Waals surface area contributed by atoms with Gasteiger partial charge in [0.2, 0.25) is 5.91 Å². The molecule has 10 heteroatoms. The molecule has 10 nitrogen and oxygen atoms in total. The molecule has 3 aliphatic rings. The number of alkyl carbamates (subject to hydrolysis) is 1. The molecule has 0 radical (unpaired) electrons. The van der Waals surface area contributed by atoms with Gasteiger partial charge in [-0.05, 0) is 74.3 Å². The Hall–Kier alpha value is -3.01. The second-order valence-electron chi connectivity index (χ2n) is 13.8. The van der Waals surface area contributed by atoms with Crippen LogP contribution in [0.5, 0.6) is 11.5 Å². The number of rotatable bonds is 5. The van der Waals surface area contributed by atoms with E-state index in [2.05, 4.69) is 19.2 Å². The topological polar surface area (TPSA) is 113 Å². The van der Waals surface area contributed by atoms with Crippen molar-refractivity contribution in [3.8, 4) is 11.5 Å². The third-order valence-corrected chi connectivity index (χ3v) is 7.79. The van der Waals surface area contributed by atoms with Gasteiger partial charge in [-0.25, -0.2) is 4.79 Å². The van der Waals surface area contributed by atoms with Crippen LogP contribution in [0.15, 0.2) is 18.2 Å². The van der Waals surface area contributed by atoms with Gasteiger partial charge in [0.25, 0.3) is 0 Å². The van der Waals surface area contributed by atoms with Crippen molar-refractivity contribution in [2.75, 3.05) is 20.2 Å². The van der Waals surface area contributed by atoms with Gasteiger partial charge in [0.05, 0.1) is 25.7 Å². The molecule has 3 aliphatic heterocycles. The number of nitrogens with one attached hydrogen (secondary N) is 1. The van der Waals surface area contributed by atoms with E-state index in [1.165, 1.54) is 0 Å². The molecule has 3 heterocycles. The standard InChI is InChI=1S/C31H46N2O8/c1-29(2,3)39-24(34)16-21(32-28(36)41-30(4,5)6)27(35)33-14-13-22-18(17-33)15-20-25(38-22)19-11-10-12-23(37-9)26(19)40-31(20,7)8/h10-12,18,20-22,25H,13-17H2,1-9H3,(H,32,36)/t18-,20+,21+,22+,25-/m1/s1. The number of carbonyl (C=O) groups excluding carboxylic acids is 3. The summed E-state index contributed by atoms with van der Waals surface area (Å²) in [6.07, 6.45) is 0.233. The number of esters is 1. The molecule has 0 bridgehead atoms. The fourth-order valence-electron chi connectivity index (χ4n) is 6.07. The van der Waals surface area contributed by atoms with Crippen LogP contribution in [-0.4, -0.2) is 72.0 Å². The zero-order valence-electron chi connectivity index (χ0n) is 25.9. The lowest BCUT2D eigenvalue weighted by molar-refractivity contribution is -0.189. The molecule has 2 fully saturated rings. The van der Waals surface area contributed by atoms with Crippen molar-refractivity contribution in [1.82, 2.24) is 10.2 Å². The number of ether oxygens (including phenoxy) is 5. The molecule has 1 aromatic carbocycles.